The highest BCUT2D eigenvalue weighted by atomic mass is 19.1. The van der Waals surface area contributed by atoms with Crippen molar-refractivity contribution in [1.82, 2.24) is 4.98 Å². The Morgan fingerprint density at radius 3 is 2.33 bits per heavy atom. The highest BCUT2D eigenvalue weighted by Crippen LogP contribution is 2.19. The zero-order chi connectivity index (χ0) is 19.1. The molecule has 1 aromatic heterocycles. The van der Waals surface area contributed by atoms with E-state index in [1.165, 1.54) is 12.1 Å². The predicted molar refractivity (Wildman–Crippen MR) is 103 cm³/mol. The number of amides is 1. The minimum absolute atomic E-state index is 0.0188. The summed E-state index contributed by atoms with van der Waals surface area (Å²) >= 11 is 0. The van der Waals surface area contributed by atoms with Gasteiger partial charge in [0.1, 0.15) is 24.0 Å². The summed E-state index contributed by atoms with van der Waals surface area (Å²) in [4.78, 5) is 18.3. The van der Waals surface area contributed by atoms with Crippen LogP contribution < -0.4 is 9.64 Å². The molecular weight excluding hydrogens is 343 g/mol. The fourth-order valence-electron chi connectivity index (χ4n) is 2.62. The maximum Gasteiger partial charge on any atom is 0.228 e. The molecule has 4 nitrogen and oxygen atoms in total. The van der Waals surface area contributed by atoms with Crippen molar-refractivity contribution < 1.29 is 13.9 Å². The summed E-state index contributed by atoms with van der Waals surface area (Å²) in [5, 5.41) is 0. The van der Waals surface area contributed by atoms with Crippen LogP contribution in [0.25, 0.3) is 0 Å². The number of halogens is 1. The maximum atomic E-state index is 12.9. The van der Waals surface area contributed by atoms with E-state index in [0.29, 0.717) is 31.1 Å². The van der Waals surface area contributed by atoms with E-state index in [4.69, 9.17) is 4.74 Å². The van der Waals surface area contributed by atoms with Crippen molar-refractivity contribution >= 4 is 11.7 Å². The molecule has 0 bridgehead atoms. The van der Waals surface area contributed by atoms with E-state index in [-0.39, 0.29) is 11.7 Å². The lowest BCUT2D eigenvalue weighted by molar-refractivity contribution is -0.118. The highest BCUT2D eigenvalue weighted by molar-refractivity contribution is 5.92. The fourth-order valence-corrected chi connectivity index (χ4v) is 2.62. The number of carbonyl (C=O) groups is 1. The average molecular weight is 364 g/mol. The molecule has 0 radical (unpaired) electrons. The number of anilines is 1. The van der Waals surface area contributed by atoms with Gasteiger partial charge in [-0.05, 0) is 47.5 Å². The number of carbonyl (C=O) groups excluding carboxylic acids is 1. The summed E-state index contributed by atoms with van der Waals surface area (Å²) in [6.07, 6.45) is 2.09. The number of hydrogen-bond donors (Lipinski definition) is 0. The van der Waals surface area contributed by atoms with E-state index in [1.54, 1.807) is 23.2 Å². The lowest BCUT2D eigenvalue weighted by atomic mass is 10.2. The van der Waals surface area contributed by atoms with E-state index >= 15 is 0 Å². The van der Waals surface area contributed by atoms with Crippen LogP contribution in [0.3, 0.4) is 0 Å². The third kappa shape index (κ3) is 5.14. The van der Waals surface area contributed by atoms with Crippen LogP contribution in [0.5, 0.6) is 5.75 Å². The molecule has 138 valence electrons. The lowest BCUT2D eigenvalue weighted by Crippen LogP contribution is -2.30. The zero-order valence-corrected chi connectivity index (χ0v) is 15.1. The van der Waals surface area contributed by atoms with Gasteiger partial charge in [0, 0.05) is 12.6 Å². The van der Waals surface area contributed by atoms with Gasteiger partial charge in [0.15, 0.2) is 0 Å². The molecule has 0 saturated carbocycles. The summed E-state index contributed by atoms with van der Waals surface area (Å²) in [6, 6.07) is 19.3. The molecular formula is C22H21FN2O2. The minimum atomic E-state index is -0.262. The van der Waals surface area contributed by atoms with Gasteiger partial charge in [-0.3, -0.25) is 9.69 Å². The first-order valence-electron chi connectivity index (χ1n) is 8.83. The largest absolute Gasteiger partial charge is 0.489 e. The fraction of sp³-hybridized carbons (Fsp3) is 0.182. The Morgan fingerprint density at radius 2 is 1.70 bits per heavy atom. The van der Waals surface area contributed by atoms with Crippen molar-refractivity contribution in [1.29, 1.82) is 0 Å². The quantitative estimate of drug-likeness (QED) is 0.608. The first-order valence-corrected chi connectivity index (χ1v) is 8.83. The van der Waals surface area contributed by atoms with Crippen LogP contribution in [0.15, 0.2) is 72.9 Å². The van der Waals surface area contributed by atoms with Crippen LogP contribution >= 0.6 is 0 Å². The molecule has 0 aliphatic heterocycles. The third-order valence-corrected chi connectivity index (χ3v) is 4.11. The van der Waals surface area contributed by atoms with Gasteiger partial charge in [0.2, 0.25) is 5.91 Å². The molecule has 2 aromatic carbocycles. The molecule has 0 N–H and O–H groups in total. The molecule has 3 rings (SSSR count). The van der Waals surface area contributed by atoms with Gasteiger partial charge in [0.25, 0.3) is 0 Å². The predicted octanol–water partition coefficient (Wildman–Crippen LogP) is 4.74. The normalized spacial score (nSPS) is 10.4. The van der Waals surface area contributed by atoms with Crippen molar-refractivity contribution in [2.75, 3.05) is 4.90 Å². The average Bonchev–Trinajstić information content (AvgIpc) is 2.72. The van der Waals surface area contributed by atoms with E-state index < -0.39 is 0 Å². The van der Waals surface area contributed by atoms with Crippen LogP contribution in [-0.4, -0.2) is 10.9 Å². The lowest BCUT2D eigenvalue weighted by Gasteiger charge is -2.21. The van der Waals surface area contributed by atoms with E-state index in [9.17, 15) is 9.18 Å². The number of rotatable bonds is 7. The molecule has 0 aliphatic rings. The molecule has 5 heteroatoms. The number of pyridine rings is 1. The van der Waals surface area contributed by atoms with Gasteiger partial charge in [-0.25, -0.2) is 9.37 Å². The van der Waals surface area contributed by atoms with E-state index in [0.717, 1.165) is 11.1 Å². The summed E-state index contributed by atoms with van der Waals surface area (Å²) in [5.74, 6) is 1.11. The number of ether oxygens (including phenoxy) is 1. The molecule has 0 aliphatic carbocycles. The SMILES string of the molecule is CCC(=O)N(Cc1ccc(OCc2ccc(F)cc2)cc1)c1ccccn1. The molecule has 0 fully saturated rings. The second-order valence-electron chi connectivity index (χ2n) is 6.08. The van der Waals surface area contributed by atoms with E-state index in [1.807, 2.05) is 49.4 Å². The molecule has 1 amide bonds. The zero-order valence-electron chi connectivity index (χ0n) is 15.1. The van der Waals surface area contributed by atoms with Crippen LogP contribution in [-0.2, 0) is 17.9 Å². The van der Waals surface area contributed by atoms with Gasteiger partial charge < -0.3 is 4.74 Å². The second-order valence-corrected chi connectivity index (χ2v) is 6.08. The number of aromatic nitrogens is 1. The minimum Gasteiger partial charge on any atom is -0.489 e. The summed E-state index contributed by atoms with van der Waals surface area (Å²) < 4.78 is 18.7. The third-order valence-electron chi connectivity index (χ3n) is 4.11. The Morgan fingerprint density at radius 1 is 1.00 bits per heavy atom. The molecule has 0 saturated heterocycles. The van der Waals surface area contributed by atoms with Crippen LogP contribution in [0.1, 0.15) is 24.5 Å². The van der Waals surface area contributed by atoms with Gasteiger partial charge in [0.05, 0.1) is 6.54 Å². The second kappa shape index (κ2) is 8.94. The molecule has 27 heavy (non-hydrogen) atoms. The Hall–Kier alpha value is -3.21. The molecule has 0 atom stereocenters. The number of nitrogens with zero attached hydrogens (tertiary/aromatic N) is 2. The van der Waals surface area contributed by atoms with E-state index in [2.05, 4.69) is 4.98 Å². The van der Waals surface area contributed by atoms with Crippen molar-refractivity contribution in [2.24, 2.45) is 0 Å². The molecule has 0 unspecified atom stereocenters. The van der Waals surface area contributed by atoms with Gasteiger partial charge in [-0.1, -0.05) is 37.3 Å². The standard InChI is InChI=1S/C22H21FN2O2/c1-2-22(26)25(21-5-3-4-14-24-21)15-17-8-12-20(13-9-17)27-16-18-6-10-19(23)11-7-18/h3-14H,2,15-16H2,1H3. The first-order chi connectivity index (χ1) is 13.2. The highest BCUT2D eigenvalue weighted by Gasteiger charge is 2.15. The van der Waals surface area contributed by atoms with Gasteiger partial charge in [-0.2, -0.15) is 0 Å². The number of hydrogen-bond acceptors (Lipinski definition) is 3. The monoisotopic (exact) mass is 364 g/mol. The molecule has 3 aromatic rings. The van der Waals surface area contributed by atoms with Crippen LogP contribution in [0, 0.1) is 5.82 Å². The summed E-state index contributed by atoms with van der Waals surface area (Å²) in [7, 11) is 0. The summed E-state index contributed by atoms with van der Waals surface area (Å²) in [5.41, 5.74) is 1.88. The maximum absolute atomic E-state index is 12.9. The van der Waals surface area contributed by atoms with Crippen molar-refractivity contribution in [3.05, 3.63) is 89.9 Å². The van der Waals surface area contributed by atoms with Crippen molar-refractivity contribution in [3.63, 3.8) is 0 Å². The van der Waals surface area contributed by atoms with Crippen molar-refractivity contribution in [2.45, 2.75) is 26.5 Å². The Kier molecular flexibility index (Phi) is 6.15. The summed E-state index contributed by atoms with van der Waals surface area (Å²) in [6.45, 7) is 2.65. The first kappa shape index (κ1) is 18.6. The Balaban J connectivity index is 1.65. The topological polar surface area (TPSA) is 42.4 Å². The van der Waals surface area contributed by atoms with Crippen LogP contribution in [0.4, 0.5) is 10.2 Å². The molecule has 0 spiro atoms. The van der Waals surface area contributed by atoms with Gasteiger partial charge >= 0.3 is 0 Å². The van der Waals surface area contributed by atoms with Gasteiger partial charge in [-0.15, -0.1) is 0 Å². The Bertz CT molecular complexity index is 865. The smallest absolute Gasteiger partial charge is 0.228 e. The molecule has 1 heterocycles. The number of benzene rings is 2. The Labute approximate surface area is 158 Å². The van der Waals surface area contributed by atoms with Crippen LogP contribution in [0.2, 0.25) is 0 Å². The van der Waals surface area contributed by atoms with Crippen molar-refractivity contribution in [3.8, 4) is 5.75 Å².